The van der Waals surface area contributed by atoms with Crippen molar-refractivity contribution >= 4 is 115 Å². The number of para-hydroxylation sites is 4. The lowest BCUT2D eigenvalue weighted by atomic mass is 9.75. The number of rotatable bonds is 6. The molecule has 0 radical (unpaired) electrons. The Labute approximate surface area is 482 Å². The lowest BCUT2D eigenvalue weighted by molar-refractivity contribution is 0.426. The summed E-state index contributed by atoms with van der Waals surface area (Å²) in [5.41, 5.74) is 11.6. The minimum Gasteiger partial charge on any atom is -0.423 e. The van der Waals surface area contributed by atoms with Gasteiger partial charge in [0.05, 0.1) is 22.1 Å². The third-order valence-electron chi connectivity index (χ3n) is 15.5. The SMILES string of the molecule is Brc1cccc(-n2c(-c3ccccc3)nc3ccccc32)c1.OB(O)c1cc2ccc3ccccc3c2c2ccccc12.c1ccc(-c2nc3ccccc3n2-c2cccc(-c3cc4ccc5ccccc5c4c4ccccc34)c2)cc1. The number of hydrogen-bond acceptors (Lipinski definition) is 4. The largest absolute Gasteiger partial charge is 0.489 e. The molecule has 0 aliphatic rings. The highest BCUT2D eigenvalue weighted by Gasteiger charge is 2.20. The number of nitrogens with zero attached hydrogens (tertiary/aromatic N) is 4. The molecule has 2 aromatic heterocycles. The Hall–Kier alpha value is -9.96. The fourth-order valence-corrected chi connectivity index (χ4v) is 12.2. The maximum atomic E-state index is 9.65. The average Bonchev–Trinajstić information content (AvgIpc) is 3.73. The van der Waals surface area contributed by atoms with Gasteiger partial charge in [0.15, 0.2) is 0 Å². The fourth-order valence-electron chi connectivity index (χ4n) is 11.8. The summed E-state index contributed by atoms with van der Waals surface area (Å²) in [6, 6.07) is 101. The maximum Gasteiger partial charge on any atom is 0.489 e. The summed E-state index contributed by atoms with van der Waals surface area (Å²) >= 11 is 3.56. The predicted molar refractivity (Wildman–Crippen MR) is 347 cm³/mol. The van der Waals surface area contributed by atoms with Gasteiger partial charge in [0, 0.05) is 27.0 Å². The topological polar surface area (TPSA) is 76.1 Å². The number of fused-ring (bicyclic) bond motifs is 12. The maximum absolute atomic E-state index is 9.65. The van der Waals surface area contributed by atoms with Crippen LogP contribution in [0.3, 0.4) is 0 Å². The van der Waals surface area contributed by atoms with Gasteiger partial charge in [0.2, 0.25) is 0 Å². The number of hydrogen-bond donors (Lipinski definition) is 2. The molecule has 0 amide bonds. The normalized spacial score (nSPS) is 11.4. The third kappa shape index (κ3) is 9.25. The van der Waals surface area contributed by atoms with Gasteiger partial charge in [-0.15, -0.1) is 0 Å². The second kappa shape index (κ2) is 21.6. The summed E-state index contributed by atoms with van der Waals surface area (Å²) in [5, 5.41) is 33.5. The summed E-state index contributed by atoms with van der Waals surface area (Å²) in [6.07, 6.45) is 0. The first kappa shape index (κ1) is 50.3. The Morgan fingerprint density at radius 1 is 0.317 bits per heavy atom. The summed E-state index contributed by atoms with van der Waals surface area (Å²) in [5.74, 6) is 1.91. The van der Waals surface area contributed by atoms with E-state index in [1.54, 1.807) is 0 Å². The van der Waals surface area contributed by atoms with Gasteiger partial charge in [0.1, 0.15) is 11.6 Å². The first-order chi connectivity index (χ1) is 40.4. The molecule has 0 bridgehead atoms. The van der Waals surface area contributed by atoms with Gasteiger partial charge >= 0.3 is 7.12 Å². The Balaban J connectivity index is 0.000000119. The van der Waals surface area contributed by atoms with Gasteiger partial charge in [0.25, 0.3) is 0 Å². The molecule has 388 valence electrons. The van der Waals surface area contributed by atoms with Crippen LogP contribution in [-0.2, 0) is 0 Å². The molecule has 16 aromatic rings. The van der Waals surface area contributed by atoms with Gasteiger partial charge < -0.3 is 10.0 Å². The van der Waals surface area contributed by atoms with Crippen LogP contribution in [0, 0.1) is 0 Å². The summed E-state index contributed by atoms with van der Waals surface area (Å²) in [6.45, 7) is 0. The van der Waals surface area contributed by atoms with Crippen molar-refractivity contribution in [2.75, 3.05) is 0 Å². The van der Waals surface area contributed by atoms with Crippen molar-refractivity contribution in [3.63, 3.8) is 0 Å². The molecule has 2 heterocycles. The first-order valence-electron chi connectivity index (χ1n) is 27.4. The molecule has 0 spiro atoms. The van der Waals surface area contributed by atoms with Gasteiger partial charge in [-0.1, -0.05) is 246 Å². The van der Waals surface area contributed by atoms with Crippen molar-refractivity contribution in [1.29, 1.82) is 0 Å². The van der Waals surface area contributed by atoms with E-state index in [0.29, 0.717) is 5.46 Å². The molecule has 8 heteroatoms. The van der Waals surface area contributed by atoms with Crippen molar-refractivity contribution < 1.29 is 10.0 Å². The van der Waals surface area contributed by atoms with Crippen LogP contribution in [0.15, 0.2) is 296 Å². The van der Waals surface area contributed by atoms with Crippen LogP contribution in [0.5, 0.6) is 0 Å². The molecule has 14 aromatic carbocycles. The van der Waals surface area contributed by atoms with E-state index in [9.17, 15) is 10.0 Å². The van der Waals surface area contributed by atoms with Crippen molar-refractivity contribution in [3.05, 3.63) is 296 Å². The molecule has 6 nitrogen and oxygen atoms in total. The quantitative estimate of drug-likeness (QED) is 0.128. The standard InChI is InChI=1S/C37H24N2.C19H13BrN2.C18H13BO2/c1-2-12-26(13-3-1)37-38-34-19-8-9-20-35(34)39(37)29-15-10-14-27(23-29)33-24-28-22-21-25-11-4-5-16-30(25)36(28)32-18-7-6-17-31(32)33;20-15-9-6-10-16(13-15)22-18-12-5-4-11-17(18)21-19(22)14-7-2-1-3-8-14;20-19(21)17-11-13-10-9-12-5-1-2-6-14(12)18(13)16-8-4-3-7-15(16)17/h1-24H;1-13H;1-11,20-21H. The molecule has 0 fully saturated rings. The molecule has 0 saturated heterocycles. The highest BCUT2D eigenvalue weighted by atomic mass is 79.9. The molecule has 0 unspecified atom stereocenters. The van der Waals surface area contributed by atoms with Gasteiger partial charge in [-0.3, -0.25) is 9.13 Å². The van der Waals surface area contributed by atoms with Crippen LogP contribution in [0.2, 0.25) is 0 Å². The number of aromatic nitrogens is 4. The number of imidazole rings is 2. The third-order valence-corrected chi connectivity index (χ3v) is 16.0. The minimum absolute atomic E-state index is 0.549. The van der Waals surface area contributed by atoms with E-state index in [1.165, 1.54) is 54.2 Å². The van der Waals surface area contributed by atoms with Gasteiger partial charge in [-0.05, 0) is 142 Å². The zero-order valence-corrected chi connectivity index (χ0v) is 45.9. The average molecular weight is 1120 g/mol. The second-order valence-electron chi connectivity index (χ2n) is 20.4. The van der Waals surface area contributed by atoms with E-state index in [0.717, 1.165) is 82.2 Å². The van der Waals surface area contributed by atoms with Crippen molar-refractivity contribution in [2.24, 2.45) is 0 Å². The molecule has 16 rings (SSSR count). The Bertz CT molecular complexity index is 5060. The smallest absolute Gasteiger partial charge is 0.423 e. The van der Waals surface area contributed by atoms with Crippen LogP contribution >= 0.6 is 15.9 Å². The molecule has 0 atom stereocenters. The molecular formula is C74H50BBrN4O2. The zero-order valence-electron chi connectivity index (χ0n) is 44.4. The number of benzene rings is 14. The highest BCUT2D eigenvalue weighted by Crippen LogP contribution is 2.40. The molecular weight excluding hydrogens is 1070 g/mol. The molecule has 0 saturated carbocycles. The van der Waals surface area contributed by atoms with Crippen LogP contribution in [0.1, 0.15) is 0 Å². The monoisotopic (exact) mass is 1120 g/mol. The van der Waals surface area contributed by atoms with Crippen LogP contribution in [0.4, 0.5) is 0 Å². The highest BCUT2D eigenvalue weighted by molar-refractivity contribution is 9.10. The van der Waals surface area contributed by atoms with Gasteiger partial charge in [-0.2, -0.15) is 0 Å². The summed E-state index contributed by atoms with van der Waals surface area (Å²) < 4.78 is 5.54. The Morgan fingerprint density at radius 2 is 0.732 bits per heavy atom. The summed E-state index contributed by atoms with van der Waals surface area (Å²) in [7, 11) is -1.47. The van der Waals surface area contributed by atoms with E-state index < -0.39 is 7.12 Å². The summed E-state index contributed by atoms with van der Waals surface area (Å²) in [4.78, 5) is 9.88. The van der Waals surface area contributed by atoms with Crippen LogP contribution in [0.25, 0.3) is 132 Å². The van der Waals surface area contributed by atoms with E-state index >= 15 is 0 Å². The van der Waals surface area contributed by atoms with E-state index in [2.05, 4.69) is 219 Å². The fraction of sp³-hybridized carbons (Fsp3) is 0. The molecule has 0 aliphatic carbocycles. The molecule has 0 aliphatic heterocycles. The second-order valence-corrected chi connectivity index (χ2v) is 21.3. The van der Waals surface area contributed by atoms with Crippen molar-refractivity contribution in [3.8, 4) is 45.3 Å². The van der Waals surface area contributed by atoms with Gasteiger partial charge in [-0.25, -0.2) is 9.97 Å². The lowest BCUT2D eigenvalue weighted by Gasteiger charge is -2.15. The zero-order chi connectivity index (χ0) is 55.1. The van der Waals surface area contributed by atoms with E-state index in [1.807, 2.05) is 97.1 Å². The lowest BCUT2D eigenvalue weighted by Crippen LogP contribution is -2.30. The predicted octanol–water partition coefficient (Wildman–Crippen LogP) is 18.1. The molecule has 2 N–H and O–H groups in total. The van der Waals surface area contributed by atoms with Crippen LogP contribution < -0.4 is 5.46 Å². The minimum atomic E-state index is -1.47. The first-order valence-corrected chi connectivity index (χ1v) is 28.2. The van der Waals surface area contributed by atoms with Crippen molar-refractivity contribution in [1.82, 2.24) is 19.1 Å². The van der Waals surface area contributed by atoms with Crippen LogP contribution in [-0.4, -0.2) is 36.3 Å². The Kier molecular flexibility index (Phi) is 13.2. The van der Waals surface area contributed by atoms with E-state index in [4.69, 9.17) is 9.97 Å². The Morgan fingerprint density at radius 3 is 1.28 bits per heavy atom. The molecule has 82 heavy (non-hydrogen) atoms. The van der Waals surface area contributed by atoms with Crippen molar-refractivity contribution in [2.45, 2.75) is 0 Å². The van der Waals surface area contributed by atoms with E-state index in [-0.39, 0.29) is 0 Å². The number of halogens is 1.